The van der Waals surface area contributed by atoms with Crippen LogP contribution in [-0.4, -0.2) is 22.0 Å². The molecule has 0 unspecified atom stereocenters. The van der Waals surface area contributed by atoms with Crippen LogP contribution in [0.2, 0.25) is 5.02 Å². The number of hydrogen-bond donors (Lipinski definition) is 2. The van der Waals surface area contributed by atoms with Crippen LogP contribution >= 0.6 is 11.6 Å². The zero-order valence-corrected chi connectivity index (χ0v) is 11.3. The van der Waals surface area contributed by atoms with Crippen molar-refractivity contribution in [1.82, 2.24) is 4.98 Å². The molecule has 0 radical (unpaired) electrons. The summed E-state index contributed by atoms with van der Waals surface area (Å²) in [6.45, 7) is 1.55. The number of hydrogen-bond acceptors (Lipinski definition) is 3. The second kappa shape index (κ2) is 5.30. The van der Waals surface area contributed by atoms with Gasteiger partial charge in [-0.15, -0.1) is 0 Å². The van der Waals surface area contributed by atoms with Crippen LogP contribution in [0.15, 0.2) is 30.3 Å². The number of carboxylic acid groups (broad SMARTS) is 1. The number of aryl methyl sites for hydroxylation is 1. The van der Waals surface area contributed by atoms with Gasteiger partial charge >= 0.3 is 5.97 Å². The second-order valence-electron chi connectivity index (χ2n) is 4.19. The largest absolute Gasteiger partial charge is 0.477 e. The maximum atomic E-state index is 11.6. The van der Waals surface area contributed by atoms with Crippen LogP contribution in [0.5, 0.6) is 0 Å². The molecule has 0 saturated heterocycles. The Kier molecular flexibility index (Phi) is 3.72. The van der Waals surface area contributed by atoms with E-state index in [0.29, 0.717) is 16.1 Å². The van der Waals surface area contributed by atoms with Crippen molar-refractivity contribution in [2.24, 2.45) is 5.73 Å². The molecule has 0 saturated carbocycles. The lowest BCUT2D eigenvalue weighted by Crippen LogP contribution is -2.17. The van der Waals surface area contributed by atoms with E-state index in [4.69, 9.17) is 22.4 Å². The second-order valence-corrected chi connectivity index (χ2v) is 4.63. The summed E-state index contributed by atoms with van der Waals surface area (Å²) in [4.78, 5) is 26.5. The summed E-state index contributed by atoms with van der Waals surface area (Å²) in [5, 5.41) is 9.59. The third-order valence-corrected chi connectivity index (χ3v) is 3.07. The Morgan fingerprint density at radius 1 is 1.25 bits per heavy atom. The maximum Gasteiger partial charge on any atom is 0.354 e. The van der Waals surface area contributed by atoms with Gasteiger partial charge in [-0.2, -0.15) is 0 Å². The summed E-state index contributed by atoms with van der Waals surface area (Å²) in [6.07, 6.45) is 0. The Balaban J connectivity index is 2.74. The third-order valence-electron chi connectivity index (χ3n) is 2.82. The lowest BCUT2D eigenvalue weighted by Gasteiger charge is -2.11. The van der Waals surface area contributed by atoms with Crippen molar-refractivity contribution in [3.05, 3.63) is 52.3 Å². The maximum absolute atomic E-state index is 11.6. The number of amides is 1. The van der Waals surface area contributed by atoms with Crippen molar-refractivity contribution >= 4 is 23.5 Å². The van der Waals surface area contributed by atoms with Crippen LogP contribution < -0.4 is 5.73 Å². The van der Waals surface area contributed by atoms with Gasteiger partial charge in [0.05, 0.1) is 11.3 Å². The van der Waals surface area contributed by atoms with Gasteiger partial charge in [-0.25, -0.2) is 9.78 Å². The van der Waals surface area contributed by atoms with E-state index in [9.17, 15) is 9.59 Å². The van der Waals surface area contributed by atoms with E-state index in [-0.39, 0.29) is 17.0 Å². The van der Waals surface area contributed by atoms with Gasteiger partial charge in [-0.1, -0.05) is 23.7 Å². The number of carboxylic acids is 1. The predicted molar refractivity (Wildman–Crippen MR) is 74.9 cm³/mol. The fourth-order valence-electron chi connectivity index (χ4n) is 1.95. The van der Waals surface area contributed by atoms with Crippen molar-refractivity contribution < 1.29 is 14.7 Å². The van der Waals surface area contributed by atoms with Crippen molar-refractivity contribution in [3.63, 3.8) is 0 Å². The number of pyridine rings is 1. The summed E-state index contributed by atoms with van der Waals surface area (Å²) in [6, 6.07) is 8.01. The van der Waals surface area contributed by atoms with Gasteiger partial charge in [0.25, 0.3) is 5.91 Å². The van der Waals surface area contributed by atoms with Crippen LogP contribution in [0.1, 0.15) is 26.5 Å². The van der Waals surface area contributed by atoms with Gasteiger partial charge in [-0.3, -0.25) is 4.79 Å². The molecule has 3 N–H and O–H groups in total. The van der Waals surface area contributed by atoms with Crippen molar-refractivity contribution in [2.45, 2.75) is 6.92 Å². The smallest absolute Gasteiger partial charge is 0.354 e. The molecular weight excluding hydrogens is 280 g/mol. The number of primary amides is 1. The van der Waals surface area contributed by atoms with Gasteiger partial charge in [-0.05, 0) is 36.2 Å². The van der Waals surface area contributed by atoms with Gasteiger partial charge in [0.15, 0.2) is 0 Å². The Morgan fingerprint density at radius 3 is 2.35 bits per heavy atom. The highest BCUT2D eigenvalue weighted by molar-refractivity contribution is 6.30. The van der Waals surface area contributed by atoms with Crippen LogP contribution in [0.3, 0.4) is 0 Å². The van der Waals surface area contributed by atoms with E-state index in [0.717, 1.165) is 0 Å². The fourth-order valence-corrected chi connectivity index (χ4v) is 2.08. The number of rotatable bonds is 3. The molecule has 0 aliphatic carbocycles. The molecule has 5 nitrogen and oxygen atoms in total. The van der Waals surface area contributed by atoms with E-state index >= 15 is 0 Å². The minimum atomic E-state index is -1.17. The van der Waals surface area contributed by atoms with Gasteiger partial charge in [0, 0.05) is 5.02 Å². The Labute approximate surface area is 120 Å². The summed E-state index contributed by atoms with van der Waals surface area (Å²) in [5.74, 6) is -1.82. The lowest BCUT2D eigenvalue weighted by atomic mass is 9.97. The Hall–Kier alpha value is -2.40. The molecule has 20 heavy (non-hydrogen) atoms. The molecule has 102 valence electrons. The SMILES string of the molecule is Cc1nc(C(=O)O)cc(-c2ccc(Cl)cc2)c1C(N)=O. The molecule has 0 aliphatic heterocycles. The zero-order valence-electron chi connectivity index (χ0n) is 10.6. The number of halogens is 1. The first-order valence-electron chi connectivity index (χ1n) is 5.71. The normalized spacial score (nSPS) is 10.3. The molecule has 1 amide bonds. The highest BCUT2D eigenvalue weighted by Crippen LogP contribution is 2.27. The van der Waals surface area contributed by atoms with Crippen LogP contribution in [0, 0.1) is 6.92 Å². The molecule has 0 bridgehead atoms. The molecule has 2 rings (SSSR count). The Bertz CT molecular complexity index is 696. The monoisotopic (exact) mass is 290 g/mol. The van der Waals surface area contributed by atoms with Crippen molar-refractivity contribution in [2.75, 3.05) is 0 Å². The molecule has 0 atom stereocenters. The Morgan fingerprint density at radius 2 is 1.85 bits per heavy atom. The van der Waals surface area contributed by atoms with E-state index in [1.807, 2.05) is 0 Å². The van der Waals surface area contributed by atoms with Crippen LogP contribution in [0.25, 0.3) is 11.1 Å². The molecule has 1 heterocycles. The summed E-state index contributed by atoms with van der Waals surface area (Å²) in [7, 11) is 0. The number of nitrogens with two attached hydrogens (primary N) is 1. The lowest BCUT2D eigenvalue weighted by molar-refractivity contribution is 0.0689. The highest BCUT2D eigenvalue weighted by Gasteiger charge is 2.18. The number of carbonyl (C=O) groups excluding carboxylic acids is 1. The first-order valence-corrected chi connectivity index (χ1v) is 6.08. The van der Waals surface area contributed by atoms with E-state index < -0.39 is 11.9 Å². The molecule has 2 aromatic rings. The quantitative estimate of drug-likeness (QED) is 0.908. The summed E-state index contributed by atoms with van der Waals surface area (Å²) >= 11 is 5.82. The summed E-state index contributed by atoms with van der Waals surface area (Å²) in [5.41, 5.74) is 6.78. The standard InChI is InChI=1S/C14H11ClN2O3/c1-7-12(13(16)18)10(6-11(17-7)14(19)20)8-2-4-9(15)5-3-8/h2-6H,1H3,(H2,16,18)(H,19,20). The summed E-state index contributed by atoms with van der Waals surface area (Å²) < 4.78 is 0. The van der Waals surface area contributed by atoms with Crippen LogP contribution in [-0.2, 0) is 0 Å². The van der Waals surface area contributed by atoms with E-state index in [1.54, 1.807) is 31.2 Å². The zero-order chi connectivity index (χ0) is 14.9. The molecule has 0 spiro atoms. The van der Waals surface area contributed by atoms with Gasteiger partial charge < -0.3 is 10.8 Å². The number of aromatic carboxylic acids is 1. The molecular formula is C14H11ClN2O3. The van der Waals surface area contributed by atoms with Gasteiger partial charge in [0.2, 0.25) is 0 Å². The molecule has 1 aromatic heterocycles. The minimum Gasteiger partial charge on any atom is -0.477 e. The van der Waals surface area contributed by atoms with E-state index in [2.05, 4.69) is 4.98 Å². The third kappa shape index (κ3) is 2.62. The minimum absolute atomic E-state index is 0.141. The fraction of sp³-hybridized carbons (Fsp3) is 0.0714. The topological polar surface area (TPSA) is 93.3 Å². The molecule has 0 fully saturated rings. The van der Waals surface area contributed by atoms with E-state index in [1.165, 1.54) is 6.07 Å². The number of carbonyl (C=O) groups is 2. The van der Waals surface area contributed by atoms with Gasteiger partial charge in [0.1, 0.15) is 5.69 Å². The molecule has 1 aromatic carbocycles. The van der Waals surface area contributed by atoms with Crippen molar-refractivity contribution in [1.29, 1.82) is 0 Å². The first-order chi connectivity index (χ1) is 9.40. The predicted octanol–water partition coefficient (Wildman–Crippen LogP) is 2.51. The molecule has 6 heteroatoms. The average molecular weight is 291 g/mol. The molecule has 0 aliphatic rings. The average Bonchev–Trinajstić information content (AvgIpc) is 2.38. The highest BCUT2D eigenvalue weighted by atomic mass is 35.5. The van der Waals surface area contributed by atoms with Crippen LogP contribution in [0.4, 0.5) is 0 Å². The number of nitrogens with zero attached hydrogens (tertiary/aromatic N) is 1. The number of aromatic nitrogens is 1. The number of benzene rings is 1. The first kappa shape index (κ1) is 14.0. The van der Waals surface area contributed by atoms with Crippen molar-refractivity contribution in [3.8, 4) is 11.1 Å².